The number of hydrogen-bond donors (Lipinski definition) is 2. The summed E-state index contributed by atoms with van der Waals surface area (Å²) in [5.41, 5.74) is -0.433. The monoisotopic (exact) mass is 301 g/mol. The molecule has 17 heavy (non-hydrogen) atoms. The zero-order valence-electron chi connectivity index (χ0n) is 9.25. The summed E-state index contributed by atoms with van der Waals surface area (Å²) in [6.45, 7) is 1.73. The Morgan fingerprint density at radius 2 is 2.18 bits per heavy atom. The largest absolute Gasteiger partial charge is 0.480 e. The van der Waals surface area contributed by atoms with Gasteiger partial charge < -0.3 is 14.8 Å². The molecule has 1 aromatic rings. The molecule has 0 aliphatic heterocycles. The van der Waals surface area contributed by atoms with E-state index in [1.807, 2.05) is 0 Å². The lowest BCUT2D eigenvalue weighted by Crippen LogP contribution is -2.59. The molecule has 1 aliphatic rings. The number of hydrogen-bond acceptors (Lipinski definition) is 3. The van der Waals surface area contributed by atoms with Crippen molar-refractivity contribution in [3.63, 3.8) is 0 Å². The summed E-state index contributed by atoms with van der Waals surface area (Å²) < 4.78 is 5.64. The van der Waals surface area contributed by atoms with Crippen LogP contribution in [0.15, 0.2) is 15.2 Å². The molecular weight excluding hydrogens is 290 g/mol. The van der Waals surface area contributed by atoms with E-state index in [0.717, 1.165) is 6.42 Å². The van der Waals surface area contributed by atoms with Crippen molar-refractivity contribution in [3.8, 4) is 0 Å². The minimum Gasteiger partial charge on any atom is -0.480 e. The molecule has 0 atom stereocenters. The maximum absolute atomic E-state index is 11.9. The number of aryl methyl sites for hydroxylation is 1. The zero-order valence-corrected chi connectivity index (χ0v) is 10.8. The Kier molecular flexibility index (Phi) is 2.99. The van der Waals surface area contributed by atoms with Crippen LogP contribution in [0.1, 0.15) is 35.4 Å². The van der Waals surface area contributed by atoms with E-state index in [-0.39, 0.29) is 5.76 Å². The van der Waals surface area contributed by atoms with Crippen LogP contribution in [-0.2, 0) is 4.79 Å². The fourth-order valence-corrected chi connectivity index (χ4v) is 2.37. The fraction of sp³-hybridized carbons (Fsp3) is 0.455. The summed E-state index contributed by atoms with van der Waals surface area (Å²) >= 11 is 3.13. The van der Waals surface area contributed by atoms with Crippen molar-refractivity contribution < 1.29 is 19.1 Å². The minimum absolute atomic E-state index is 0.157. The van der Waals surface area contributed by atoms with Crippen molar-refractivity contribution >= 4 is 27.8 Å². The second-order valence-electron chi connectivity index (χ2n) is 4.26. The summed E-state index contributed by atoms with van der Waals surface area (Å²) in [4.78, 5) is 23.0. The summed E-state index contributed by atoms with van der Waals surface area (Å²) in [5, 5.41) is 11.6. The molecule has 92 valence electrons. The highest BCUT2D eigenvalue weighted by Gasteiger charge is 2.46. The lowest BCUT2D eigenvalue weighted by atomic mass is 9.76. The third-order valence-corrected chi connectivity index (χ3v) is 3.45. The van der Waals surface area contributed by atoms with Gasteiger partial charge in [0.15, 0.2) is 10.4 Å². The molecule has 0 unspecified atom stereocenters. The Bertz CT molecular complexity index is 476. The number of aliphatic carboxylic acids is 1. The third kappa shape index (κ3) is 2.09. The molecule has 1 fully saturated rings. The van der Waals surface area contributed by atoms with E-state index in [1.165, 1.54) is 0 Å². The Balaban J connectivity index is 2.17. The molecule has 1 amide bonds. The van der Waals surface area contributed by atoms with Gasteiger partial charge in [0.25, 0.3) is 5.91 Å². The second-order valence-corrected chi connectivity index (χ2v) is 5.04. The number of carboxylic acids is 1. The van der Waals surface area contributed by atoms with Crippen LogP contribution in [0.5, 0.6) is 0 Å². The minimum atomic E-state index is -1.11. The van der Waals surface area contributed by atoms with Crippen LogP contribution in [0, 0.1) is 6.92 Å². The molecule has 0 aromatic carbocycles. The average Bonchev–Trinajstić information content (AvgIpc) is 2.50. The van der Waals surface area contributed by atoms with Crippen LogP contribution in [0.25, 0.3) is 0 Å². The summed E-state index contributed by atoms with van der Waals surface area (Å²) in [5.74, 6) is -1.31. The first-order chi connectivity index (χ1) is 7.94. The molecule has 0 saturated heterocycles. The van der Waals surface area contributed by atoms with Gasteiger partial charge >= 0.3 is 5.97 Å². The molecule has 5 nitrogen and oxygen atoms in total. The van der Waals surface area contributed by atoms with Crippen molar-refractivity contribution in [3.05, 3.63) is 22.1 Å². The summed E-state index contributed by atoms with van der Waals surface area (Å²) in [7, 11) is 0. The molecule has 1 saturated carbocycles. The van der Waals surface area contributed by atoms with Gasteiger partial charge in [-0.2, -0.15) is 0 Å². The standard InChI is InChI=1S/C11H12BrNO4/c1-6-5-7(12)17-8(6)9(14)13-11(10(15)16)3-2-4-11/h5H,2-4H2,1H3,(H,13,14)(H,15,16). The normalized spacial score (nSPS) is 17.3. The Morgan fingerprint density at radius 3 is 2.53 bits per heavy atom. The van der Waals surface area contributed by atoms with Crippen LogP contribution in [0.4, 0.5) is 0 Å². The number of nitrogens with one attached hydrogen (secondary N) is 1. The van der Waals surface area contributed by atoms with E-state index in [2.05, 4.69) is 21.2 Å². The van der Waals surface area contributed by atoms with Crippen molar-refractivity contribution in [2.45, 2.75) is 31.7 Å². The van der Waals surface area contributed by atoms with Gasteiger partial charge in [0.05, 0.1) is 0 Å². The van der Waals surface area contributed by atoms with E-state index >= 15 is 0 Å². The van der Waals surface area contributed by atoms with Gasteiger partial charge in [-0.3, -0.25) is 4.79 Å². The number of rotatable bonds is 3. The highest BCUT2D eigenvalue weighted by molar-refractivity contribution is 9.10. The van der Waals surface area contributed by atoms with E-state index in [0.29, 0.717) is 23.1 Å². The second kappa shape index (κ2) is 4.18. The molecular formula is C11H12BrNO4. The number of carbonyl (C=O) groups is 2. The van der Waals surface area contributed by atoms with Crippen LogP contribution in [0.3, 0.4) is 0 Å². The summed E-state index contributed by atoms with van der Waals surface area (Å²) in [6, 6.07) is 1.67. The first kappa shape index (κ1) is 12.2. The van der Waals surface area contributed by atoms with Crippen LogP contribution >= 0.6 is 15.9 Å². The van der Waals surface area contributed by atoms with Crippen molar-refractivity contribution in [1.29, 1.82) is 0 Å². The Morgan fingerprint density at radius 1 is 1.53 bits per heavy atom. The van der Waals surface area contributed by atoms with E-state index in [9.17, 15) is 9.59 Å². The SMILES string of the molecule is Cc1cc(Br)oc1C(=O)NC1(C(=O)O)CCC1. The van der Waals surface area contributed by atoms with E-state index in [4.69, 9.17) is 9.52 Å². The molecule has 2 rings (SSSR count). The number of carbonyl (C=O) groups excluding carboxylic acids is 1. The maximum atomic E-state index is 11.9. The first-order valence-corrected chi connectivity index (χ1v) is 6.06. The molecule has 0 radical (unpaired) electrons. The van der Waals surface area contributed by atoms with Gasteiger partial charge in [-0.25, -0.2) is 4.79 Å². The van der Waals surface area contributed by atoms with Gasteiger partial charge in [0.1, 0.15) is 5.54 Å². The average molecular weight is 302 g/mol. The molecule has 6 heteroatoms. The Labute approximate surface area is 106 Å². The lowest BCUT2D eigenvalue weighted by molar-refractivity contribution is -0.148. The topological polar surface area (TPSA) is 79.5 Å². The van der Waals surface area contributed by atoms with Crippen molar-refractivity contribution in [2.75, 3.05) is 0 Å². The van der Waals surface area contributed by atoms with Crippen LogP contribution < -0.4 is 5.32 Å². The molecule has 0 bridgehead atoms. The number of amides is 1. The fourth-order valence-electron chi connectivity index (χ4n) is 1.87. The van der Waals surface area contributed by atoms with Crippen molar-refractivity contribution in [2.24, 2.45) is 0 Å². The predicted molar refractivity (Wildman–Crippen MR) is 62.8 cm³/mol. The maximum Gasteiger partial charge on any atom is 0.329 e. The van der Waals surface area contributed by atoms with Gasteiger partial charge in [-0.1, -0.05) is 0 Å². The van der Waals surface area contributed by atoms with Gasteiger partial charge in [-0.15, -0.1) is 0 Å². The van der Waals surface area contributed by atoms with Crippen molar-refractivity contribution in [1.82, 2.24) is 5.32 Å². The first-order valence-electron chi connectivity index (χ1n) is 5.26. The number of halogens is 1. The lowest BCUT2D eigenvalue weighted by Gasteiger charge is -2.37. The number of carboxylic acid groups (broad SMARTS) is 1. The molecule has 2 N–H and O–H groups in total. The highest BCUT2D eigenvalue weighted by atomic mass is 79.9. The summed E-state index contributed by atoms with van der Waals surface area (Å²) in [6.07, 6.45) is 1.75. The van der Waals surface area contributed by atoms with Crippen LogP contribution in [-0.4, -0.2) is 22.5 Å². The predicted octanol–water partition coefficient (Wildman–Crippen LogP) is 2.09. The quantitative estimate of drug-likeness (QED) is 0.896. The van der Waals surface area contributed by atoms with E-state index in [1.54, 1.807) is 13.0 Å². The van der Waals surface area contributed by atoms with E-state index < -0.39 is 17.4 Å². The van der Waals surface area contributed by atoms with Gasteiger partial charge in [0.2, 0.25) is 0 Å². The smallest absolute Gasteiger partial charge is 0.329 e. The number of furan rings is 1. The molecule has 0 spiro atoms. The van der Waals surface area contributed by atoms with Gasteiger partial charge in [-0.05, 0) is 48.2 Å². The zero-order chi connectivity index (χ0) is 12.6. The molecule has 1 aromatic heterocycles. The highest BCUT2D eigenvalue weighted by Crippen LogP contribution is 2.32. The molecule has 1 heterocycles. The third-order valence-electron chi connectivity index (χ3n) is 3.06. The van der Waals surface area contributed by atoms with Crippen LogP contribution in [0.2, 0.25) is 0 Å². The Hall–Kier alpha value is -1.30. The molecule has 1 aliphatic carbocycles. The van der Waals surface area contributed by atoms with Gasteiger partial charge in [0, 0.05) is 5.56 Å².